The molecule has 0 aromatic heterocycles. The minimum absolute atomic E-state index is 0.0675. The molecule has 0 atom stereocenters. The summed E-state index contributed by atoms with van der Waals surface area (Å²) in [5, 5.41) is 0. The Hall–Kier alpha value is -3.26. The number of hydrogen-bond donors (Lipinski definition) is 0. The molecule has 8 nitrogen and oxygen atoms in total. The summed E-state index contributed by atoms with van der Waals surface area (Å²) < 4.78 is 22.5. The van der Waals surface area contributed by atoms with Crippen LogP contribution in [-0.2, 0) is 0 Å². The highest BCUT2D eigenvalue weighted by atomic mass is 16.5. The van der Waals surface area contributed by atoms with Crippen LogP contribution in [0.5, 0.6) is 23.0 Å². The van der Waals surface area contributed by atoms with E-state index in [0.29, 0.717) is 93.1 Å². The van der Waals surface area contributed by atoms with Crippen LogP contribution >= 0.6 is 0 Å². The predicted octanol–water partition coefficient (Wildman–Crippen LogP) is 3.92. The van der Waals surface area contributed by atoms with Crippen molar-refractivity contribution in [2.24, 2.45) is 0 Å². The smallest absolute Gasteiger partial charge is 0.254 e. The van der Waals surface area contributed by atoms with Gasteiger partial charge in [0.05, 0.1) is 26.9 Å². The van der Waals surface area contributed by atoms with Gasteiger partial charge in [-0.15, -0.1) is 0 Å². The summed E-state index contributed by atoms with van der Waals surface area (Å²) in [5.41, 5.74) is 1.17. The van der Waals surface area contributed by atoms with Crippen molar-refractivity contribution in [1.82, 2.24) is 9.80 Å². The van der Waals surface area contributed by atoms with Crippen molar-refractivity contribution in [3.63, 3.8) is 0 Å². The van der Waals surface area contributed by atoms with Crippen LogP contribution in [-0.4, -0.2) is 81.1 Å². The second kappa shape index (κ2) is 13.0. The Labute approximate surface area is 207 Å². The SMILES string of the molecule is CCOc1cc(C(=O)N2CCN(CCC(=O)c3cccc(OC)c3)CC2)cc(OCC)c1OCC. The third-order valence-electron chi connectivity index (χ3n) is 5.86. The van der Waals surface area contributed by atoms with Gasteiger partial charge in [-0.25, -0.2) is 0 Å². The topological polar surface area (TPSA) is 77.5 Å². The number of carbonyl (C=O) groups excluding carboxylic acids is 2. The minimum atomic E-state index is -0.0675. The monoisotopic (exact) mass is 484 g/mol. The normalized spacial score (nSPS) is 13.9. The van der Waals surface area contributed by atoms with Gasteiger partial charge >= 0.3 is 0 Å². The van der Waals surface area contributed by atoms with Gasteiger partial charge in [-0.1, -0.05) is 12.1 Å². The van der Waals surface area contributed by atoms with E-state index in [-0.39, 0.29) is 11.7 Å². The molecule has 1 saturated heterocycles. The highest BCUT2D eigenvalue weighted by Crippen LogP contribution is 2.39. The van der Waals surface area contributed by atoms with E-state index in [0.717, 1.165) is 0 Å². The molecular formula is C27H36N2O6. The van der Waals surface area contributed by atoms with Crippen molar-refractivity contribution in [3.8, 4) is 23.0 Å². The lowest BCUT2D eigenvalue weighted by Crippen LogP contribution is -2.49. The molecule has 1 aliphatic heterocycles. The molecule has 3 rings (SSSR count). The Balaban J connectivity index is 1.60. The van der Waals surface area contributed by atoms with E-state index in [1.54, 1.807) is 25.3 Å². The molecule has 0 bridgehead atoms. The summed E-state index contributed by atoms with van der Waals surface area (Å²) >= 11 is 0. The standard InChI is InChI=1S/C27H36N2O6/c1-5-33-24-18-21(19-25(34-6-2)26(24)35-7-3)27(31)29-15-13-28(14-16-29)12-11-23(30)20-9-8-10-22(17-20)32-4/h8-10,17-19H,5-7,11-16H2,1-4H3. The van der Waals surface area contributed by atoms with Gasteiger partial charge in [-0.05, 0) is 45.0 Å². The summed E-state index contributed by atoms with van der Waals surface area (Å²) in [4.78, 5) is 29.9. The molecule has 0 radical (unpaired) electrons. The summed E-state index contributed by atoms with van der Waals surface area (Å²) in [6.07, 6.45) is 0.426. The molecule has 0 N–H and O–H groups in total. The minimum Gasteiger partial charge on any atom is -0.497 e. The van der Waals surface area contributed by atoms with Crippen molar-refractivity contribution in [1.29, 1.82) is 0 Å². The quantitative estimate of drug-likeness (QED) is 0.423. The molecule has 2 aromatic carbocycles. The lowest BCUT2D eigenvalue weighted by Gasteiger charge is -2.34. The van der Waals surface area contributed by atoms with E-state index >= 15 is 0 Å². The van der Waals surface area contributed by atoms with Crippen LogP contribution in [0.4, 0.5) is 0 Å². The molecule has 35 heavy (non-hydrogen) atoms. The van der Waals surface area contributed by atoms with Gasteiger partial charge in [0.2, 0.25) is 5.75 Å². The zero-order valence-electron chi connectivity index (χ0n) is 21.2. The van der Waals surface area contributed by atoms with Gasteiger partial charge in [-0.3, -0.25) is 14.5 Å². The molecule has 0 aliphatic carbocycles. The molecule has 190 valence electrons. The van der Waals surface area contributed by atoms with E-state index in [2.05, 4.69) is 4.90 Å². The molecule has 1 fully saturated rings. The van der Waals surface area contributed by atoms with Gasteiger partial charge in [0.25, 0.3) is 5.91 Å². The summed E-state index contributed by atoms with van der Waals surface area (Å²) in [6.45, 7) is 10.3. The maximum Gasteiger partial charge on any atom is 0.254 e. The molecule has 2 aromatic rings. The Morgan fingerprint density at radius 3 is 2.03 bits per heavy atom. The Morgan fingerprint density at radius 1 is 0.829 bits per heavy atom. The predicted molar refractivity (Wildman–Crippen MR) is 134 cm³/mol. The number of carbonyl (C=O) groups is 2. The molecule has 1 heterocycles. The molecule has 8 heteroatoms. The first kappa shape index (κ1) is 26.3. The number of hydrogen-bond acceptors (Lipinski definition) is 7. The molecule has 0 unspecified atom stereocenters. The van der Waals surface area contributed by atoms with Crippen molar-refractivity contribution in [2.75, 3.05) is 59.7 Å². The average Bonchev–Trinajstić information content (AvgIpc) is 2.89. The number of rotatable bonds is 12. The molecular weight excluding hydrogens is 448 g/mol. The van der Waals surface area contributed by atoms with Gasteiger partial charge in [0, 0.05) is 50.3 Å². The summed E-state index contributed by atoms with van der Waals surface area (Å²) in [7, 11) is 1.59. The Bertz CT molecular complexity index is 974. The highest BCUT2D eigenvalue weighted by molar-refractivity contribution is 5.97. The first-order valence-electron chi connectivity index (χ1n) is 12.3. The van der Waals surface area contributed by atoms with Gasteiger partial charge in [0.15, 0.2) is 17.3 Å². The highest BCUT2D eigenvalue weighted by Gasteiger charge is 2.25. The Morgan fingerprint density at radius 2 is 1.46 bits per heavy atom. The van der Waals surface area contributed by atoms with Gasteiger partial charge in [0.1, 0.15) is 5.75 Å². The number of methoxy groups -OCH3 is 1. The number of ether oxygens (including phenoxy) is 4. The number of ketones is 1. The zero-order valence-corrected chi connectivity index (χ0v) is 21.2. The lowest BCUT2D eigenvalue weighted by atomic mass is 10.1. The molecule has 0 saturated carbocycles. The van der Waals surface area contributed by atoms with E-state index in [1.807, 2.05) is 43.9 Å². The van der Waals surface area contributed by atoms with Crippen molar-refractivity contribution in [2.45, 2.75) is 27.2 Å². The molecule has 1 amide bonds. The number of amides is 1. The van der Waals surface area contributed by atoms with Crippen LogP contribution in [0.3, 0.4) is 0 Å². The number of Topliss-reactive ketones (excluding diaryl/α,β-unsaturated/α-hetero) is 1. The molecule has 1 aliphatic rings. The van der Waals surface area contributed by atoms with E-state index < -0.39 is 0 Å². The van der Waals surface area contributed by atoms with E-state index in [9.17, 15) is 9.59 Å². The molecule has 0 spiro atoms. The fourth-order valence-corrected chi connectivity index (χ4v) is 4.07. The summed E-state index contributed by atoms with van der Waals surface area (Å²) in [5.74, 6) is 2.25. The van der Waals surface area contributed by atoms with Crippen molar-refractivity contribution < 1.29 is 28.5 Å². The van der Waals surface area contributed by atoms with Crippen LogP contribution in [0.1, 0.15) is 47.9 Å². The number of piperazine rings is 1. The van der Waals surface area contributed by atoms with E-state index in [4.69, 9.17) is 18.9 Å². The Kier molecular flexibility index (Phi) is 9.78. The fourth-order valence-electron chi connectivity index (χ4n) is 4.07. The lowest BCUT2D eigenvalue weighted by molar-refractivity contribution is 0.0627. The average molecular weight is 485 g/mol. The third-order valence-corrected chi connectivity index (χ3v) is 5.86. The second-order valence-electron chi connectivity index (χ2n) is 8.14. The van der Waals surface area contributed by atoms with E-state index in [1.165, 1.54) is 0 Å². The van der Waals surface area contributed by atoms with Crippen LogP contribution < -0.4 is 18.9 Å². The van der Waals surface area contributed by atoms with Crippen LogP contribution in [0.25, 0.3) is 0 Å². The van der Waals surface area contributed by atoms with Gasteiger partial charge < -0.3 is 23.8 Å². The van der Waals surface area contributed by atoms with Crippen molar-refractivity contribution >= 4 is 11.7 Å². The second-order valence-corrected chi connectivity index (χ2v) is 8.14. The van der Waals surface area contributed by atoms with Crippen LogP contribution in [0.15, 0.2) is 36.4 Å². The van der Waals surface area contributed by atoms with Crippen LogP contribution in [0.2, 0.25) is 0 Å². The first-order valence-corrected chi connectivity index (χ1v) is 12.3. The first-order chi connectivity index (χ1) is 17.0. The van der Waals surface area contributed by atoms with Crippen LogP contribution in [0, 0.1) is 0 Å². The summed E-state index contributed by atoms with van der Waals surface area (Å²) in [6, 6.07) is 10.7. The maximum absolute atomic E-state index is 13.3. The van der Waals surface area contributed by atoms with Gasteiger partial charge in [-0.2, -0.15) is 0 Å². The maximum atomic E-state index is 13.3. The third kappa shape index (κ3) is 6.88. The largest absolute Gasteiger partial charge is 0.497 e. The zero-order chi connectivity index (χ0) is 25.2. The number of nitrogens with zero attached hydrogens (tertiary/aromatic N) is 2. The fraction of sp³-hybridized carbons (Fsp3) is 0.481. The van der Waals surface area contributed by atoms with Crippen molar-refractivity contribution in [3.05, 3.63) is 47.5 Å². The number of benzene rings is 2.